The number of anilines is 2. The van der Waals surface area contributed by atoms with Gasteiger partial charge < -0.3 is 10.2 Å². The number of halogens is 1. The van der Waals surface area contributed by atoms with E-state index < -0.39 is 11.9 Å². The Balaban J connectivity index is 1.32. The highest BCUT2D eigenvalue weighted by molar-refractivity contribution is 7.13. The summed E-state index contributed by atoms with van der Waals surface area (Å²) in [5.74, 6) is 0.210. The number of aromatic nitrogens is 4. The molecule has 37 heavy (non-hydrogen) atoms. The predicted molar refractivity (Wildman–Crippen MR) is 143 cm³/mol. The fraction of sp³-hybridized carbons (Fsp3) is 0.185. The van der Waals surface area contributed by atoms with Crippen LogP contribution in [0.2, 0.25) is 0 Å². The molecular weight excluding hydrogens is 489 g/mol. The molecule has 0 unspecified atom stereocenters. The number of thiazole rings is 1. The van der Waals surface area contributed by atoms with Crippen LogP contribution < -0.4 is 15.5 Å². The van der Waals surface area contributed by atoms with Crippen LogP contribution in [0.5, 0.6) is 0 Å². The van der Waals surface area contributed by atoms with Crippen LogP contribution in [0.1, 0.15) is 11.6 Å². The molecule has 1 aliphatic rings. The Morgan fingerprint density at radius 1 is 1.05 bits per heavy atom. The molecule has 4 heterocycles. The van der Waals surface area contributed by atoms with E-state index in [4.69, 9.17) is 5.10 Å². The van der Waals surface area contributed by atoms with E-state index in [9.17, 15) is 9.18 Å². The molecule has 0 aliphatic carbocycles. The number of carbonyl (C=O) groups excluding carboxylic acids is 1. The van der Waals surface area contributed by atoms with Gasteiger partial charge in [0.15, 0.2) is 11.2 Å². The Morgan fingerprint density at radius 2 is 1.92 bits per heavy atom. The summed E-state index contributed by atoms with van der Waals surface area (Å²) in [6.45, 7) is 3.80. The number of hydrogen-bond acceptors (Lipinski definition) is 7. The molecule has 5 aromatic rings. The quantitative estimate of drug-likeness (QED) is 0.351. The van der Waals surface area contributed by atoms with Crippen molar-refractivity contribution in [1.29, 1.82) is 0 Å². The first-order chi connectivity index (χ1) is 18.1. The van der Waals surface area contributed by atoms with Gasteiger partial charge in [0.2, 0.25) is 0 Å². The number of pyridine rings is 1. The van der Waals surface area contributed by atoms with Crippen LogP contribution in [0.15, 0.2) is 78.6 Å². The highest BCUT2D eigenvalue weighted by Gasteiger charge is 2.25. The molecule has 0 saturated carbocycles. The first-order valence-electron chi connectivity index (χ1n) is 12.0. The topological polar surface area (TPSA) is 88.0 Å². The monoisotopic (exact) mass is 513 g/mol. The van der Waals surface area contributed by atoms with Gasteiger partial charge in [0.05, 0.1) is 5.52 Å². The van der Waals surface area contributed by atoms with E-state index in [0.29, 0.717) is 10.7 Å². The third-order valence-electron chi connectivity index (χ3n) is 6.39. The molecule has 1 atom stereocenters. The predicted octanol–water partition coefficient (Wildman–Crippen LogP) is 4.33. The molecule has 8 nitrogen and oxygen atoms in total. The molecular formula is C27H24FN7OS. The number of nitrogens with one attached hydrogen (secondary N) is 2. The highest BCUT2D eigenvalue weighted by Crippen LogP contribution is 2.28. The molecule has 0 bridgehead atoms. The molecule has 3 aromatic heterocycles. The van der Waals surface area contributed by atoms with Crippen molar-refractivity contribution in [3.05, 3.63) is 89.9 Å². The third-order valence-corrected chi connectivity index (χ3v) is 7.08. The summed E-state index contributed by atoms with van der Waals surface area (Å²) in [7, 11) is 0. The average Bonchev–Trinajstić information content (AvgIpc) is 3.59. The Bertz CT molecular complexity index is 1530. The van der Waals surface area contributed by atoms with Crippen molar-refractivity contribution >= 4 is 39.1 Å². The van der Waals surface area contributed by atoms with Gasteiger partial charge in [-0.15, -0.1) is 11.3 Å². The van der Waals surface area contributed by atoms with Crippen LogP contribution in [-0.4, -0.2) is 51.8 Å². The Kier molecular flexibility index (Phi) is 6.33. The first kappa shape index (κ1) is 23.3. The van der Waals surface area contributed by atoms with Crippen molar-refractivity contribution in [1.82, 2.24) is 25.1 Å². The SMILES string of the molecule is O=C(Nc1nccs1)[C@@H](c1cccc(F)c1)n1cc2ccc(-c3ccc(N4CCNCC4)nc3)cc2n1. The Hall–Kier alpha value is -4.15. The van der Waals surface area contributed by atoms with Gasteiger partial charge in [0, 0.05) is 61.1 Å². The molecule has 1 saturated heterocycles. The van der Waals surface area contributed by atoms with Gasteiger partial charge in [0.25, 0.3) is 5.91 Å². The molecule has 6 rings (SSSR count). The van der Waals surface area contributed by atoms with E-state index >= 15 is 0 Å². The van der Waals surface area contributed by atoms with Crippen molar-refractivity contribution in [2.75, 3.05) is 36.4 Å². The smallest absolute Gasteiger partial charge is 0.255 e. The van der Waals surface area contributed by atoms with E-state index in [-0.39, 0.29) is 5.91 Å². The summed E-state index contributed by atoms with van der Waals surface area (Å²) in [4.78, 5) is 24.4. The number of amides is 1. The molecule has 0 spiro atoms. The maximum atomic E-state index is 14.1. The van der Waals surface area contributed by atoms with Crippen LogP contribution in [0.3, 0.4) is 0 Å². The van der Waals surface area contributed by atoms with Crippen molar-refractivity contribution in [2.45, 2.75) is 6.04 Å². The van der Waals surface area contributed by atoms with Crippen molar-refractivity contribution < 1.29 is 9.18 Å². The molecule has 1 amide bonds. The van der Waals surface area contributed by atoms with Gasteiger partial charge in [-0.3, -0.25) is 14.8 Å². The molecule has 1 fully saturated rings. The fourth-order valence-electron chi connectivity index (χ4n) is 4.54. The van der Waals surface area contributed by atoms with Crippen LogP contribution in [0, 0.1) is 5.82 Å². The van der Waals surface area contributed by atoms with Gasteiger partial charge in [-0.2, -0.15) is 5.10 Å². The summed E-state index contributed by atoms with van der Waals surface area (Å²) < 4.78 is 15.7. The van der Waals surface area contributed by atoms with E-state index in [0.717, 1.165) is 54.0 Å². The largest absolute Gasteiger partial charge is 0.354 e. The van der Waals surface area contributed by atoms with Gasteiger partial charge in [-0.05, 0) is 41.5 Å². The second-order valence-corrected chi connectivity index (χ2v) is 9.70. The maximum Gasteiger partial charge on any atom is 0.255 e. The van der Waals surface area contributed by atoms with Crippen LogP contribution in [-0.2, 0) is 4.79 Å². The van der Waals surface area contributed by atoms with E-state index in [2.05, 4.69) is 31.6 Å². The molecule has 2 aromatic carbocycles. The van der Waals surface area contributed by atoms with Gasteiger partial charge >= 0.3 is 0 Å². The van der Waals surface area contributed by atoms with Crippen LogP contribution in [0.4, 0.5) is 15.3 Å². The molecule has 186 valence electrons. The van der Waals surface area contributed by atoms with Gasteiger partial charge in [-0.25, -0.2) is 14.4 Å². The molecule has 1 aliphatic heterocycles. The minimum atomic E-state index is -0.865. The zero-order valence-electron chi connectivity index (χ0n) is 19.8. The minimum absolute atomic E-state index is 0.346. The van der Waals surface area contributed by atoms with Crippen LogP contribution in [0.25, 0.3) is 22.0 Å². The maximum absolute atomic E-state index is 14.1. The lowest BCUT2D eigenvalue weighted by atomic mass is 10.1. The Labute approximate surface area is 216 Å². The van der Waals surface area contributed by atoms with Crippen molar-refractivity contribution in [3.63, 3.8) is 0 Å². The number of rotatable bonds is 6. The average molecular weight is 514 g/mol. The second kappa shape index (κ2) is 10.1. The number of nitrogens with zero attached hydrogens (tertiary/aromatic N) is 5. The zero-order chi connectivity index (χ0) is 25.2. The number of hydrogen-bond donors (Lipinski definition) is 2. The number of carbonyl (C=O) groups is 1. The van der Waals surface area contributed by atoms with E-state index in [1.165, 1.54) is 23.5 Å². The summed E-state index contributed by atoms with van der Waals surface area (Å²) in [5, 5.41) is 14.0. The van der Waals surface area contributed by atoms with E-state index in [1.54, 1.807) is 28.4 Å². The van der Waals surface area contributed by atoms with Gasteiger partial charge in [0.1, 0.15) is 11.6 Å². The molecule has 0 radical (unpaired) electrons. The van der Waals surface area contributed by atoms with Gasteiger partial charge in [-0.1, -0.05) is 24.3 Å². The minimum Gasteiger partial charge on any atom is -0.354 e. The van der Waals surface area contributed by atoms with E-state index in [1.807, 2.05) is 36.7 Å². The number of piperazine rings is 1. The second-order valence-electron chi connectivity index (χ2n) is 8.81. The number of benzene rings is 2. The third kappa shape index (κ3) is 4.93. The normalized spacial score (nSPS) is 14.6. The summed E-state index contributed by atoms with van der Waals surface area (Å²) in [5.41, 5.74) is 3.19. The summed E-state index contributed by atoms with van der Waals surface area (Å²) in [6, 6.07) is 15.2. The summed E-state index contributed by atoms with van der Waals surface area (Å²) in [6.07, 6.45) is 5.31. The lowest BCUT2D eigenvalue weighted by Gasteiger charge is -2.28. The lowest BCUT2D eigenvalue weighted by Crippen LogP contribution is -2.43. The fourth-order valence-corrected chi connectivity index (χ4v) is 5.08. The first-order valence-corrected chi connectivity index (χ1v) is 12.9. The zero-order valence-corrected chi connectivity index (χ0v) is 20.7. The lowest BCUT2D eigenvalue weighted by molar-refractivity contribution is -0.118. The highest BCUT2D eigenvalue weighted by atomic mass is 32.1. The molecule has 2 N–H and O–H groups in total. The summed E-state index contributed by atoms with van der Waals surface area (Å²) >= 11 is 1.32. The molecule has 10 heteroatoms. The van der Waals surface area contributed by atoms with Crippen molar-refractivity contribution in [2.24, 2.45) is 0 Å². The Morgan fingerprint density at radius 3 is 2.68 bits per heavy atom. The van der Waals surface area contributed by atoms with Crippen molar-refractivity contribution in [3.8, 4) is 11.1 Å². The standard InChI is InChI=1S/C27H24FN7OS/c28-22-3-1-2-19(14-22)25(26(36)32-27-30-10-13-37-27)35-17-21-5-4-18(15-23(21)33-35)20-6-7-24(31-16-20)34-11-8-29-9-12-34/h1-7,10,13-17,25,29H,8-9,11-12H2,(H,30,32,36)/t25-/m1/s1. The van der Waals surface area contributed by atoms with Crippen LogP contribution >= 0.6 is 11.3 Å². The number of fused-ring (bicyclic) bond motifs is 1.